The lowest BCUT2D eigenvalue weighted by atomic mass is 10.2. The van der Waals surface area contributed by atoms with E-state index in [1.54, 1.807) is 13.2 Å². The second-order valence-electron chi connectivity index (χ2n) is 2.23. The monoisotopic (exact) mass is 264 g/mol. The highest BCUT2D eigenvalue weighted by Crippen LogP contribution is 2.27. The van der Waals surface area contributed by atoms with Crippen LogP contribution in [0.2, 0.25) is 0 Å². The number of amidine groups is 1. The molecule has 1 aromatic rings. The van der Waals surface area contributed by atoms with E-state index in [9.17, 15) is 0 Å². The van der Waals surface area contributed by atoms with Crippen LogP contribution in [0.5, 0.6) is 5.75 Å². The maximum Gasteiger partial charge on any atom is 0.143 e. The molecule has 0 amide bonds. The third kappa shape index (κ3) is 2.60. The Morgan fingerprint density at radius 3 is 2.54 bits per heavy atom. The van der Waals surface area contributed by atoms with Gasteiger partial charge in [0.1, 0.15) is 11.6 Å². The molecule has 0 bridgehead atoms. The lowest BCUT2D eigenvalue weighted by Crippen LogP contribution is -2.12. The molecule has 3 N–H and O–H groups in total. The van der Waals surface area contributed by atoms with E-state index in [0.29, 0.717) is 11.3 Å². The number of nitrogen functional groups attached to an aromatic ring is 1. The molecule has 0 saturated heterocycles. The fourth-order valence-corrected chi connectivity index (χ4v) is 1.46. The fourth-order valence-electron chi connectivity index (χ4n) is 0.928. The second-order valence-corrected chi connectivity index (χ2v) is 3.09. The molecule has 13 heavy (non-hydrogen) atoms. The van der Waals surface area contributed by atoms with Gasteiger partial charge in [-0.1, -0.05) is 6.07 Å². The van der Waals surface area contributed by atoms with Crippen molar-refractivity contribution in [3.8, 4) is 5.75 Å². The zero-order valence-electron chi connectivity index (χ0n) is 7.00. The molecule has 0 unspecified atom stereocenters. The summed E-state index contributed by atoms with van der Waals surface area (Å²) in [6.07, 6.45) is 0. The molecule has 1 aromatic carbocycles. The van der Waals surface area contributed by atoms with E-state index in [1.807, 2.05) is 12.1 Å². The van der Waals surface area contributed by atoms with Gasteiger partial charge in [-0.2, -0.15) is 0 Å². The zero-order chi connectivity index (χ0) is 9.14. The standard InChI is InChI=1S/C8H9BrN2O.ClH/c1-12-7-5(8(10)11)3-2-4-6(7)9;/h2-4H,1H3,(H3,10,11);1H. The molecule has 0 radical (unpaired) electrons. The van der Waals surface area contributed by atoms with Gasteiger partial charge >= 0.3 is 0 Å². The van der Waals surface area contributed by atoms with Crippen LogP contribution in [-0.4, -0.2) is 12.9 Å². The summed E-state index contributed by atoms with van der Waals surface area (Å²) in [5.74, 6) is 0.609. The Labute approximate surface area is 91.3 Å². The van der Waals surface area contributed by atoms with E-state index in [4.69, 9.17) is 15.9 Å². The van der Waals surface area contributed by atoms with E-state index in [-0.39, 0.29) is 18.2 Å². The van der Waals surface area contributed by atoms with Gasteiger partial charge in [0, 0.05) is 0 Å². The number of halogens is 2. The molecule has 1 rings (SSSR count). The summed E-state index contributed by atoms with van der Waals surface area (Å²) < 4.78 is 5.87. The van der Waals surface area contributed by atoms with Crippen molar-refractivity contribution in [2.75, 3.05) is 7.11 Å². The van der Waals surface area contributed by atoms with Crippen molar-refractivity contribution in [1.82, 2.24) is 0 Å². The lowest BCUT2D eigenvalue weighted by molar-refractivity contribution is 0.411. The number of nitrogens with two attached hydrogens (primary N) is 1. The minimum absolute atomic E-state index is 0. The van der Waals surface area contributed by atoms with Crippen LogP contribution >= 0.6 is 28.3 Å². The first kappa shape index (κ1) is 12.3. The van der Waals surface area contributed by atoms with Crippen LogP contribution in [0.25, 0.3) is 0 Å². The Kier molecular flexibility index (Phi) is 4.80. The Balaban J connectivity index is 0.00000144. The maximum atomic E-state index is 7.25. The van der Waals surface area contributed by atoms with Crippen LogP contribution in [0, 0.1) is 5.41 Å². The summed E-state index contributed by atoms with van der Waals surface area (Å²) in [4.78, 5) is 0. The molecular formula is C8H10BrClN2O. The van der Waals surface area contributed by atoms with Crippen LogP contribution < -0.4 is 10.5 Å². The summed E-state index contributed by atoms with van der Waals surface area (Å²) in [7, 11) is 1.55. The molecule has 0 spiro atoms. The smallest absolute Gasteiger partial charge is 0.143 e. The van der Waals surface area contributed by atoms with E-state index < -0.39 is 0 Å². The van der Waals surface area contributed by atoms with Crippen LogP contribution in [-0.2, 0) is 0 Å². The lowest BCUT2D eigenvalue weighted by Gasteiger charge is -2.07. The number of ether oxygens (including phenoxy) is 1. The molecule has 3 nitrogen and oxygen atoms in total. The van der Waals surface area contributed by atoms with Crippen LogP contribution in [0.3, 0.4) is 0 Å². The summed E-state index contributed by atoms with van der Waals surface area (Å²) in [6.45, 7) is 0. The summed E-state index contributed by atoms with van der Waals surface area (Å²) in [6, 6.07) is 5.39. The van der Waals surface area contributed by atoms with Crippen LogP contribution in [0.4, 0.5) is 0 Å². The summed E-state index contributed by atoms with van der Waals surface area (Å²) in [5.41, 5.74) is 5.95. The van der Waals surface area contributed by atoms with Gasteiger partial charge in [-0.3, -0.25) is 5.41 Å². The topological polar surface area (TPSA) is 59.1 Å². The number of methoxy groups -OCH3 is 1. The predicted molar refractivity (Wildman–Crippen MR) is 59.0 cm³/mol. The molecule has 0 aliphatic rings. The average molecular weight is 266 g/mol. The number of nitrogens with one attached hydrogen (secondary N) is 1. The molecule has 0 fully saturated rings. The minimum atomic E-state index is 0. The van der Waals surface area contributed by atoms with Gasteiger partial charge in [-0.15, -0.1) is 12.4 Å². The Morgan fingerprint density at radius 2 is 2.15 bits per heavy atom. The molecule has 0 saturated carbocycles. The molecule has 0 aliphatic carbocycles. The number of rotatable bonds is 2. The predicted octanol–water partition coefficient (Wildman–Crippen LogP) is 2.16. The Hall–Kier alpha value is -0.740. The van der Waals surface area contributed by atoms with Crippen molar-refractivity contribution in [3.05, 3.63) is 28.2 Å². The third-order valence-corrected chi connectivity index (χ3v) is 2.09. The van der Waals surface area contributed by atoms with Crippen molar-refractivity contribution in [1.29, 1.82) is 5.41 Å². The van der Waals surface area contributed by atoms with Crippen molar-refractivity contribution in [3.63, 3.8) is 0 Å². The SMILES string of the molecule is COc1c(Br)cccc1C(=N)N.Cl. The quantitative estimate of drug-likeness (QED) is 0.636. The minimum Gasteiger partial charge on any atom is -0.495 e. The molecule has 5 heteroatoms. The van der Waals surface area contributed by atoms with E-state index in [0.717, 1.165) is 4.47 Å². The van der Waals surface area contributed by atoms with Crippen molar-refractivity contribution in [2.24, 2.45) is 5.73 Å². The van der Waals surface area contributed by atoms with Gasteiger partial charge < -0.3 is 10.5 Å². The number of hydrogen-bond donors (Lipinski definition) is 2. The summed E-state index contributed by atoms with van der Waals surface area (Å²) >= 11 is 3.30. The van der Waals surface area contributed by atoms with Crippen LogP contribution in [0.1, 0.15) is 5.56 Å². The van der Waals surface area contributed by atoms with Gasteiger partial charge in [0.25, 0.3) is 0 Å². The Bertz CT molecular complexity index is 317. The second kappa shape index (κ2) is 5.09. The fraction of sp³-hybridized carbons (Fsp3) is 0.125. The van der Waals surface area contributed by atoms with E-state index in [1.165, 1.54) is 0 Å². The molecular weight excluding hydrogens is 255 g/mol. The molecule has 72 valence electrons. The van der Waals surface area contributed by atoms with Crippen molar-refractivity contribution >= 4 is 34.2 Å². The zero-order valence-corrected chi connectivity index (χ0v) is 9.41. The highest BCUT2D eigenvalue weighted by molar-refractivity contribution is 9.10. The number of para-hydroxylation sites is 1. The first-order valence-corrected chi connectivity index (χ1v) is 4.13. The largest absolute Gasteiger partial charge is 0.495 e. The number of benzene rings is 1. The van der Waals surface area contributed by atoms with Gasteiger partial charge in [0.05, 0.1) is 17.1 Å². The first-order chi connectivity index (χ1) is 5.66. The highest BCUT2D eigenvalue weighted by atomic mass is 79.9. The van der Waals surface area contributed by atoms with Gasteiger partial charge in [0.2, 0.25) is 0 Å². The normalized spacial score (nSPS) is 8.77. The van der Waals surface area contributed by atoms with Crippen molar-refractivity contribution < 1.29 is 4.74 Å². The molecule has 0 atom stereocenters. The number of hydrogen-bond acceptors (Lipinski definition) is 2. The van der Waals surface area contributed by atoms with E-state index in [2.05, 4.69) is 15.9 Å². The van der Waals surface area contributed by atoms with Crippen molar-refractivity contribution in [2.45, 2.75) is 0 Å². The van der Waals surface area contributed by atoms with E-state index >= 15 is 0 Å². The van der Waals surface area contributed by atoms with Gasteiger partial charge in [-0.05, 0) is 28.1 Å². The van der Waals surface area contributed by atoms with Crippen LogP contribution in [0.15, 0.2) is 22.7 Å². The molecule has 0 heterocycles. The molecule has 0 aliphatic heterocycles. The highest BCUT2D eigenvalue weighted by Gasteiger charge is 2.07. The van der Waals surface area contributed by atoms with Gasteiger partial charge in [0.15, 0.2) is 0 Å². The third-order valence-electron chi connectivity index (χ3n) is 1.46. The first-order valence-electron chi connectivity index (χ1n) is 3.33. The average Bonchev–Trinajstić information content (AvgIpc) is 2.03. The Morgan fingerprint density at radius 1 is 1.54 bits per heavy atom. The summed E-state index contributed by atoms with van der Waals surface area (Å²) in [5, 5.41) is 7.25. The maximum absolute atomic E-state index is 7.25. The van der Waals surface area contributed by atoms with Gasteiger partial charge in [-0.25, -0.2) is 0 Å². The molecule has 0 aromatic heterocycles.